The highest BCUT2D eigenvalue weighted by Gasteiger charge is 2.19. The van der Waals surface area contributed by atoms with E-state index in [1.54, 1.807) is 30.5 Å². The van der Waals surface area contributed by atoms with Gasteiger partial charge in [-0.1, -0.05) is 30.3 Å². The lowest BCUT2D eigenvalue weighted by atomic mass is 9.84. The van der Waals surface area contributed by atoms with Crippen LogP contribution in [0.2, 0.25) is 0 Å². The number of nitrogens with zero attached hydrogens (tertiary/aromatic N) is 2. The summed E-state index contributed by atoms with van der Waals surface area (Å²) < 4.78 is 27.2. The fraction of sp³-hybridized carbons (Fsp3) is 0.231. The summed E-state index contributed by atoms with van der Waals surface area (Å²) in [6.45, 7) is 1.99. The van der Waals surface area contributed by atoms with Crippen LogP contribution in [-0.4, -0.2) is 29.3 Å². The Morgan fingerprint density at radius 1 is 0.812 bits per heavy atom. The molecule has 1 aromatic heterocycles. The summed E-state index contributed by atoms with van der Waals surface area (Å²) in [5.74, 6) is -0.733. The number of aromatic nitrogens is 2. The second kappa shape index (κ2) is 9.01. The zero-order valence-corrected chi connectivity index (χ0v) is 17.6. The zero-order chi connectivity index (χ0) is 21.9. The molecule has 162 valence electrons. The highest BCUT2D eigenvalue weighted by molar-refractivity contribution is 5.91. The number of fused-ring (bicyclic) bond motifs is 1. The third kappa shape index (κ3) is 4.32. The Kier molecular flexibility index (Phi) is 5.77. The van der Waals surface area contributed by atoms with Gasteiger partial charge in [0, 0.05) is 17.3 Å². The summed E-state index contributed by atoms with van der Waals surface area (Å²) in [5.41, 5.74) is 4.67. The molecule has 5 rings (SSSR count). The van der Waals surface area contributed by atoms with Crippen molar-refractivity contribution in [2.75, 3.05) is 18.4 Å². The standard InChI is InChI=1S/C26H24F2N4/c27-20-6-1-17(2-7-20)26(18-3-8-21(28)9-4-18)19-5-10-24-23(15-19)25(16-30-32-24)31-22-11-13-29-14-12-22/h1-10,15-16,22,26,29H,11-14H2,(H,31,32). The number of rotatable bonds is 5. The molecule has 2 heterocycles. The lowest BCUT2D eigenvalue weighted by molar-refractivity contribution is 0.479. The molecule has 0 amide bonds. The Morgan fingerprint density at radius 2 is 1.41 bits per heavy atom. The molecule has 3 aromatic carbocycles. The van der Waals surface area contributed by atoms with Gasteiger partial charge in [0.2, 0.25) is 0 Å². The first-order valence-electron chi connectivity index (χ1n) is 10.9. The monoisotopic (exact) mass is 430 g/mol. The molecule has 0 radical (unpaired) electrons. The molecule has 4 aromatic rings. The number of halogens is 2. The highest BCUT2D eigenvalue weighted by atomic mass is 19.1. The van der Waals surface area contributed by atoms with Crippen LogP contribution < -0.4 is 10.6 Å². The average molecular weight is 431 g/mol. The van der Waals surface area contributed by atoms with Gasteiger partial charge in [-0.15, -0.1) is 0 Å². The molecule has 0 atom stereocenters. The fourth-order valence-electron chi connectivity index (χ4n) is 4.44. The lowest BCUT2D eigenvalue weighted by Gasteiger charge is -2.25. The number of hydrogen-bond acceptors (Lipinski definition) is 4. The maximum atomic E-state index is 13.6. The molecule has 2 N–H and O–H groups in total. The fourth-order valence-corrected chi connectivity index (χ4v) is 4.44. The topological polar surface area (TPSA) is 49.8 Å². The van der Waals surface area contributed by atoms with Crippen LogP contribution in [0.25, 0.3) is 10.9 Å². The van der Waals surface area contributed by atoms with Crippen molar-refractivity contribution in [3.63, 3.8) is 0 Å². The quantitative estimate of drug-likeness (QED) is 0.425. The molecule has 4 nitrogen and oxygen atoms in total. The minimum atomic E-state index is -0.283. The summed E-state index contributed by atoms with van der Waals surface area (Å²) in [7, 11) is 0. The first kappa shape index (κ1) is 20.5. The van der Waals surface area contributed by atoms with E-state index in [0.717, 1.165) is 59.2 Å². The van der Waals surface area contributed by atoms with E-state index < -0.39 is 0 Å². The highest BCUT2D eigenvalue weighted by Crippen LogP contribution is 2.35. The van der Waals surface area contributed by atoms with Crippen molar-refractivity contribution in [1.82, 2.24) is 15.5 Å². The van der Waals surface area contributed by atoms with Crippen molar-refractivity contribution >= 4 is 16.6 Å². The van der Waals surface area contributed by atoms with E-state index in [1.165, 1.54) is 24.3 Å². The second-order valence-electron chi connectivity index (χ2n) is 8.24. The van der Waals surface area contributed by atoms with E-state index in [-0.39, 0.29) is 17.6 Å². The molecule has 1 aliphatic rings. The predicted molar refractivity (Wildman–Crippen MR) is 123 cm³/mol. The van der Waals surface area contributed by atoms with Gasteiger partial charge in [-0.2, -0.15) is 10.2 Å². The Bertz CT molecular complexity index is 1160. The van der Waals surface area contributed by atoms with Crippen LogP contribution in [0, 0.1) is 11.6 Å². The van der Waals surface area contributed by atoms with E-state index >= 15 is 0 Å². The van der Waals surface area contributed by atoms with Gasteiger partial charge in [0.1, 0.15) is 11.6 Å². The molecule has 6 heteroatoms. The van der Waals surface area contributed by atoms with Crippen molar-refractivity contribution in [1.29, 1.82) is 0 Å². The molecule has 0 unspecified atom stereocenters. The molecule has 0 spiro atoms. The third-order valence-electron chi connectivity index (χ3n) is 6.10. The third-order valence-corrected chi connectivity index (χ3v) is 6.10. The average Bonchev–Trinajstić information content (AvgIpc) is 2.83. The molecule has 0 saturated carbocycles. The number of anilines is 1. The van der Waals surface area contributed by atoms with Crippen LogP contribution in [0.4, 0.5) is 14.5 Å². The van der Waals surface area contributed by atoms with Gasteiger partial charge in [0.15, 0.2) is 0 Å². The maximum absolute atomic E-state index is 13.6. The molecule has 1 saturated heterocycles. The summed E-state index contributed by atoms with van der Waals surface area (Å²) >= 11 is 0. The van der Waals surface area contributed by atoms with Crippen LogP contribution in [-0.2, 0) is 0 Å². The van der Waals surface area contributed by atoms with Crippen molar-refractivity contribution in [2.24, 2.45) is 0 Å². The minimum absolute atomic E-state index is 0.166. The number of piperidine rings is 1. The van der Waals surface area contributed by atoms with Crippen LogP contribution in [0.1, 0.15) is 35.4 Å². The Hall–Kier alpha value is -3.38. The first-order chi connectivity index (χ1) is 15.7. The summed E-state index contributed by atoms with van der Waals surface area (Å²) in [6.07, 6.45) is 3.88. The molecule has 0 bridgehead atoms. The number of nitrogens with one attached hydrogen (secondary N) is 2. The van der Waals surface area contributed by atoms with Crippen molar-refractivity contribution in [3.05, 3.63) is 101 Å². The number of benzene rings is 3. The van der Waals surface area contributed by atoms with Crippen LogP contribution in [0.15, 0.2) is 72.9 Å². The molecular weight excluding hydrogens is 406 g/mol. The van der Waals surface area contributed by atoms with Crippen LogP contribution in [0.5, 0.6) is 0 Å². The second-order valence-corrected chi connectivity index (χ2v) is 8.24. The molecule has 1 fully saturated rings. The molecular formula is C26H24F2N4. The van der Waals surface area contributed by atoms with E-state index in [2.05, 4.69) is 26.9 Å². The summed E-state index contributed by atoms with van der Waals surface area (Å²) in [4.78, 5) is 0. The van der Waals surface area contributed by atoms with Gasteiger partial charge in [0.05, 0.1) is 17.4 Å². The zero-order valence-electron chi connectivity index (χ0n) is 17.6. The SMILES string of the molecule is Fc1ccc(C(c2ccc(F)cc2)c2ccc3nncc(NC4CCNCC4)c3c2)cc1. The van der Waals surface area contributed by atoms with E-state index in [0.29, 0.717) is 6.04 Å². The molecule has 1 aliphatic heterocycles. The minimum Gasteiger partial charge on any atom is -0.380 e. The van der Waals surface area contributed by atoms with Gasteiger partial charge >= 0.3 is 0 Å². The Morgan fingerprint density at radius 3 is 2.03 bits per heavy atom. The van der Waals surface area contributed by atoms with Gasteiger partial charge in [-0.3, -0.25) is 0 Å². The van der Waals surface area contributed by atoms with Crippen molar-refractivity contribution in [3.8, 4) is 0 Å². The van der Waals surface area contributed by atoms with E-state index in [4.69, 9.17) is 0 Å². The van der Waals surface area contributed by atoms with Crippen molar-refractivity contribution < 1.29 is 8.78 Å². The van der Waals surface area contributed by atoms with Gasteiger partial charge < -0.3 is 10.6 Å². The van der Waals surface area contributed by atoms with Gasteiger partial charge in [-0.25, -0.2) is 8.78 Å². The van der Waals surface area contributed by atoms with Gasteiger partial charge in [0.25, 0.3) is 0 Å². The Balaban J connectivity index is 1.59. The predicted octanol–water partition coefficient (Wildman–Crippen LogP) is 5.25. The molecule has 32 heavy (non-hydrogen) atoms. The smallest absolute Gasteiger partial charge is 0.123 e. The normalized spacial score (nSPS) is 14.7. The number of hydrogen-bond donors (Lipinski definition) is 2. The van der Waals surface area contributed by atoms with E-state index in [9.17, 15) is 8.78 Å². The summed E-state index contributed by atoms with van der Waals surface area (Å²) in [5, 5.41) is 16.5. The maximum Gasteiger partial charge on any atom is 0.123 e. The molecule has 0 aliphatic carbocycles. The lowest BCUT2D eigenvalue weighted by Crippen LogP contribution is -2.35. The van der Waals surface area contributed by atoms with Crippen molar-refractivity contribution in [2.45, 2.75) is 24.8 Å². The summed E-state index contributed by atoms with van der Waals surface area (Å²) in [6, 6.07) is 19.5. The van der Waals surface area contributed by atoms with Crippen LogP contribution in [0.3, 0.4) is 0 Å². The van der Waals surface area contributed by atoms with Crippen LogP contribution >= 0.6 is 0 Å². The first-order valence-corrected chi connectivity index (χ1v) is 10.9. The van der Waals surface area contributed by atoms with Gasteiger partial charge in [-0.05, 0) is 79.0 Å². The Labute approximate surface area is 185 Å². The van der Waals surface area contributed by atoms with E-state index in [1.807, 2.05) is 12.1 Å². The largest absolute Gasteiger partial charge is 0.380 e.